The number of nitrogens with zero attached hydrogens (tertiary/aromatic N) is 1. The van der Waals surface area contributed by atoms with Crippen LogP contribution in [0.5, 0.6) is 0 Å². The summed E-state index contributed by atoms with van der Waals surface area (Å²) in [6.07, 6.45) is 3.12. The first kappa shape index (κ1) is 12.3. The maximum atomic E-state index is 6.38. The largest absolute Gasteiger partial charge is 0.371 e. The lowest BCUT2D eigenvalue weighted by Gasteiger charge is -2.34. The van der Waals surface area contributed by atoms with Crippen molar-refractivity contribution < 1.29 is 4.74 Å². The summed E-state index contributed by atoms with van der Waals surface area (Å²) in [6, 6.07) is 6.17. The molecule has 3 rings (SSSR count). The lowest BCUT2D eigenvalue weighted by atomic mass is 10.1. The van der Waals surface area contributed by atoms with Crippen molar-refractivity contribution in [2.24, 2.45) is 5.73 Å². The Morgan fingerprint density at radius 3 is 2.56 bits per heavy atom. The zero-order chi connectivity index (χ0) is 12.7. The SMILES string of the molecule is C[C@@H](N)c1ccc(N2CC3CCC(C2)O3)c(Cl)c1. The molecular weight excluding hydrogens is 248 g/mol. The zero-order valence-corrected chi connectivity index (χ0v) is 11.4. The van der Waals surface area contributed by atoms with Crippen LogP contribution in [0, 0.1) is 0 Å². The van der Waals surface area contributed by atoms with Crippen LogP contribution in [0.4, 0.5) is 5.69 Å². The number of nitrogens with two attached hydrogens (primary N) is 1. The standard InChI is InChI=1S/C14H19ClN2O/c1-9(16)10-2-5-14(13(15)6-10)17-7-11-3-4-12(8-17)18-11/h2,5-6,9,11-12H,3-4,7-8,16H2,1H3/t9-,11?,12?/m1/s1. The molecule has 2 saturated heterocycles. The van der Waals surface area contributed by atoms with E-state index < -0.39 is 0 Å². The molecular formula is C14H19ClN2O. The van der Waals surface area contributed by atoms with Gasteiger partial charge < -0.3 is 15.4 Å². The van der Waals surface area contributed by atoms with Gasteiger partial charge in [-0.1, -0.05) is 17.7 Å². The van der Waals surface area contributed by atoms with Crippen LogP contribution < -0.4 is 10.6 Å². The van der Waals surface area contributed by atoms with Crippen molar-refractivity contribution >= 4 is 17.3 Å². The second-order valence-corrected chi connectivity index (χ2v) is 5.77. The fourth-order valence-corrected chi connectivity index (χ4v) is 3.18. The number of halogens is 1. The summed E-state index contributed by atoms with van der Waals surface area (Å²) in [5.74, 6) is 0. The van der Waals surface area contributed by atoms with Crippen molar-refractivity contribution in [1.82, 2.24) is 0 Å². The predicted octanol–water partition coefficient (Wildman–Crippen LogP) is 2.73. The first-order valence-corrected chi connectivity index (χ1v) is 6.96. The van der Waals surface area contributed by atoms with Gasteiger partial charge in [0.25, 0.3) is 0 Å². The van der Waals surface area contributed by atoms with Crippen molar-refractivity contribution in [3.05, 3.63) is 28.8 Å². The molecule has 98 valence electrons. The Kier molecular flexibility index (Phi) is 3.22. The van der Waals surface area contributed by atoms with E-state index in [1.807, 2.05) is 13.0 Å². The van der Waals surface area contributed by atoms with E-state index in [1.54, 1.807) is 0 Å². The third kappa shape index (κ3) is 2.22. The number of morpholine rings is 1. The average molecular weight is 267 g/mol. The second kappa shape index (κ2) is 4.72. The number of hydrogen-bond donors (Lipinski definition) is 1. The lowest BCUT2D eigenvalue weighted by molar-refractivity contribution is 0.0305. The van der Waals surface area contributed by atoms with Crippen molar-refractivity contribution in [3.8, 4) is 0 Å². The Morgan fingerprint density at radius 1 is 1.33 bits per heavy atom. The Labute approximate surface area is 113 Å². The van der Waals surface area contributed by atoms with Crippen molar-refractivity contribution in [3.63, 3.8) is 0 Å². The van der Waals surface area contributed by atoms with Crippen LogP contribution in [0.25, 0.3) is 0 Å². The third-order valence-corrected chi connectivity index (χ3v) is 4.18. The molecule has 0 saturated carbocycles. The number of ether oxygens (including phenoxy) is 1. The maximum absolute atomic E-state index is 6.38. The molecule has 3 atom stereocenters. The molecule has 2 aliphatic rings. The van der Waals surface area contributed by atoms with Gasteiger partial charge in [-0.15, -0.1) is 0 Å². The van der Waals surface area contributed by atoms with Crippen molar-refractivity contribution in [2.75, 3.05) is 18.0 Å². The van der Waals surface area contributed by atoms with Gasteiger partial charge in [0.05, 0.1) is 22.9 Å². The molecule has 18 heavy (non-hydrogen) atoms. The lowest BCUT2D eigenvalue weighted by Crippen LogP contribution is -2.42. The maximum Gasteiger partial charge on any atom is 0.0755 e. The quantitative estimate of drug-likeness (QED) is 0.895. The monoisotopic (exact) mass is 266 g/mol. The smallest absolute Gasteiger partial charge is 0.0755 e. The number of hydrogen-bond acceptors (Lipinski definition) is 3. The van der Waals surface area contributed by atoms with Crippen molar-refractivity contribution in [2.45, 2.75) is 38.0 Å². The van der Waals surface area contributed by atoms with Crippen molar-refractivity contribution in [1.29, 1.82) is 0 Å². The summed E-state index contributed by atoms with van der Waals surface area (Å²) >= 11 is 6.38. The van der Waals surface area contributed by atoms with Crippen LogP contribution >= 0.6 is 11.6 Å². The number of rotatable bonds is 2. The summed E-state index contributed by atoms with van der Waals surface area (Å²) in [4.78, 5) is 2.35. The summed E-state index contributed by atoms with van der Waals surface area (Å²) in [7, 11) is 0. The topological polar surface area (TPSA) is 38.5 Å². The van der Waals surface area contributed by atoms with Gasteiger partial charge in [-0.25, -0.2) is 0 Å². The normalized spacial score (nSPS) is 28.5. The molecule has 2 heterocycles. The summed E-state index contributed by atoms with van der Waals surface area (Å²) in [5.41, 5.74) is 8.07. The van der Waals surface area contributed by atoms with E-state index in [0.29, 0.717) is 12.2 Å². The summed E-state index contributed by atoms with van der Waals surface area (Å²) in [5, 5.41) is 0.797. The molecule has 4 heteroatoms. The highest BCUT2D eigenvalue weighted by molar-refractivity contribution is 6.33. The molecule has 1 aromatic rings. The molecule has 2 aliphatic heterocycles. The van der Waals surface area contributed by atoms with Gasteiger partial charge in [0, 0.05) is 19.1 Å². The van der Waals surface area contributed by atoms with Crippen LogP contribution in [0.2, 0.25) is 5.02 Å². The van der Waals surface area contributed by atoms with Crippen LogP contribution in [0.3, 0.4) is 0 Å². The van der Waals surface area contributed by atoms with Gasteiger partial charge in [0.15, 0.2) is 0 Å². The molecule has 0 amide bonds. The van der Waals surface area contributed by atoms with Crippen LogP contribution in [-0.4, -0.2) is 25.3 Å². The third-order valence-electron chi connectivity index (χ3n) is 3.88. The van der Waals surface area contributed by atoms with Crippen LogP contribution in [-0.2, 0) is 4.74 Å². The number of benzene rings is 1. The van der Waals surface area contributed by atoms with E-state index in [4.69, 9.17) is 22.1 Å². The molecule has 0 aliphatic carbocycles. The second-order valence-electron chi connectivity index (χ2n) is 5.36. The summed E-state index contributed by atoms with van der Waals surface area (Å²) < 4.78 is 5.85. The van der Waals surface area contributed by atoms with Gasteiger partial charge in [0.2, 0.25) is 0 Å². The van der Waals surface area contributed by atoms with Gasteiger partial charge in [0.1, 0.15) is 0 Å². The van der Waals surface area contributed by atoms with E-state index >= 15 is 0 Å². The Morgan fingerprint density at radius 2 is 2.00 bits per heavy atom. The molecule has 3 nitrogen and oxygen atoms in total. The minimum Gasteiger partial charge on any atom is -0.371 e. The van der Waals surface area contributed by atoms with Crippen LogP contribution in [0.15, 0.2) is 18.2 Å². The predicted molar refractivity (Wildman–Crippen MR) is 74.2 cm³/mol. The molecule has 2 unspecified atom stereocenters. The number of anilines is 1. The molecule has 0 spiro atoms. The van der Waals surface area contributed by atoms with Gasteiger partial charge in [-0.2, -0.15) is 0 Å². The highest BCUT2D eigenvalue weighted by atomic mass is 35.5. The molecule has 2 bridgehead atoms. The fraction of sp³-hybridized carbons (Fsp3) is 0.571. The Hall–Kier alpha value is -0.770. The van der Waals surface area contributed by atoms with E-state index in [-0.39, 0.29) is 6.04 Å². The fourth-order valence-electron chi connectivity index (χ4n) is 2.87. The molecule has 1 aromatic carbocycles. The first-order valence-electron chi connectivity index (χ1n) is 6.59. The Balaban J connectivity index is 1.84. The zero-order valence-electron chi connectivity index (χ0n) is 10.6. The molecule has 0 aromatic heterocycles. The minimum atomic E-state index is 0.0254. The Bertz CT molecular complexity index is 437. The first-order chi connectivity index (χ1) is 8.63. The number of fused-ring (bicyclic) bond motifs is 2. The minimum absolute atomic E-state index is 0.0254. The van der Waals surface area contributed by atoms with E-state index in [1.165, 1.54) is 12.8 Å². The van der Waals surface area contributed by atoms with E-state index in [0.717, 1.165) is 29.4 Å². The molecule has 2 N–H and O–H groups in total. The van der Waals surface area contributed by atoms with Gasteiger partial charge in [-0.05, 0) is 37.5 Å². The molecule has 2 fully saturated rings. The van der Waals surface area contributed by atoms with Crippen LogP contribution in [0.1, 0.15) is 31.4 Å². The van der Waals surface area contributed by atoms with E-state index in [9.17, 15) is 0 Å². The summed E-state index contributed by atoms with van der Waals surface area (Å²) in [6.45, 7) is 3.88. The van der Waals surface area contributed by atoms with Gasteiger partial charge in [-0.3, -0.25) is 0 Å². The molecule has 0 radical (unpaired) electrons. The van der Waals surface area contributed by atoms with Gasteiger partial charge >= 0.3 is 0 Å². The highest BCUT2D eigenvalue weighted by Crippen LogP contribution is 2.34. The van der Waals surface area contributed by atoms with E-state index in [2.05, 4.69) is 17.0 Å². The average Bonchev–Trinajstić information content (AvgIpc) is 2.68. The highest BCUT2D eigenvalue weighted by Gasteiger charge is 2.34.